The van der Waals surface area contributed by atoms with E-state index in [0.717, 1.165) is 36.4 Å². The summed E-state index contributed by atoms with van der Waals surface area (Å²) < 4.78 is 18.2. The molecule has 2 aromatic rings. The number of amides is 1. The van der Waals surface area contributed by atoms with Gasteiger partial charge in [0.1, 0.15) is 5.82 Å². The fourth-order valence-electron chi connectivity index (χ4n) is 2.78. The summed E-state index contributed by atoms with van der Waals surface area (Å²) in [5.74, 6) is 0.498. The molecule has 0 bridgehead atoms. The van der Waals surface area contributed by atoms with E-state index in [4.69, 9.17) is 4.52 Å². The van der Waals surface area contributed by atoms with Crippen molar-refractivity contribution in [3.63, 3.8) is 0 Å². The van der Waals surface area contributed by atoms with Crippen LogP contribution in [0.1, 0.15) is 35.9 Å². The van der Waals surface area contributed by atoms with Crippen LogP contribution < -0.4 is 0 Å². The molecule has 0 saturated carbocycles. The molecule has 1 saturated heterocycles. The third kappa shape index (κ3) is 2.96. The van der Waals surface area contributed by atoms with Crippen LogP contribution >= 0.6 is 0 Å². The maximum atomic E-state index is 12.9. The zero-order chi connectivity index (χ0) is 14.8. The molecular weight excluding hydrogens is 271 g/mol. The average molecular weight is 288 g/mol. The number of aromatic nitrogens is 1. The fourth-order valence-corrected chi connectivity index (χ4v) is 2.78. The summed E-state index contributed by atoms with van der Waals surface area (Å²) in [4.78, 5) is 14.3. The molecule has 5 heteroatoms. The van der Waals surface area contributed by atoms with Crippen molar-refractivity contribution in [2.24, 2.45) is 0 Å². The van der Waals surface area contributed by atoms with E-state index in [-0.39, 0.29) is 24.2 Å². The summed E-state index contributed by atoms with van der Waals surface area (Å²) in [6.07, 6.45) is 2.13. The molecule has 1 aromatic carbocycles. The standard InChI is InChI=1S/C16H17FN2O2/c1-11-9-15(21-18-11)14-3-2-8-19(14)16(20)10-12-4-6-13(17)7-5-12/h4-7,9,14H,2-3,8,10H2,1H3. The van der Waals surface area contributed by atoms with Crippen molar-refractivity contribution in [2.45, 2.75) is 32.2 Å². The minimum absolute atomic E-state index is 0.0286. The van der Waals surface area contributed by atoms with Crippen molar-refractivity contribution in [3.8, 4) is 0 Å². The Balaban J connectivity index is 1.72. The lowest BCUT2D eigenvalue weighted by atomic mass is 10.1. The van der Waals surface area contributed by atoms with E-state index in [1.54, 1.807) is 12.1 Å². The normalized spacial score (nSPS) is 18.2. The van der Waals surface area contributed by atoms with Gasteiger partial charge >= 0.3 is 0 Å². The van der Waals surface area contributed by atoms with Crippen LogP contribution in [0.25, 0.3) is 0 Å². The van der Waals surface area contributed by atoms with Crippen LogP contribution in [0.5, 0.6) is 0 Å². The third-order valence-electron chi connectivity index (χ3n) is 3.82. The van der Waals surface area contributed by atoms with Gasteiger partial charge in [0, 0.05) is 12.6 Å². The molecule has 0 spiro atoms. The lowest BCUT2D eigenvalue weighted by Crippen LogP contribution is -2.31. The second-order valence-electron chi connectivity index (χ2n) is 5.42. The molecule has 0 radical (unpaired) electrons. The number of likely N-dealkylation sites (tertiary alicyclic amines) is 1. The van der Waals surface area contributed by atoms with Gasteiger partial charge in [-0.15, -0.1) is 0 Å². The molecule has 0 aliphatic carbocycles. The van der Waals surface area contributed by atoms with Gasteiger partial charge in [0.05, 0.1) is 18.2 Å². The molecule has 1 aromatic heterocycles. The summed E-state index contributed by atoms with van der Waals surface area (Å²) in [5.41, 5.74) is 1.64. The Bertz CT molecular complexity index is 636. The molecular formula is C16H17FN2O2. The highest BCUT2D eigenvalue weighted by Crippen LogP contribution is 2.32. The second-order valence-corrected chi connectivity index (χ2v) is 5.42. The number of nitrogens with zero attached hydrogens (tertiary/aromatic N) is 2. The van der Waals surface area contributed by atoms with E-state index < -0.39 is 0 Å². The Hall–Kier alpha value is -2.17. The van der Waals surface area contributed by atoms with Crippen LogP contribution in [0.2, 0.25) is 0 Å². The van der Waals surface area contributed by atoms with Gasteiger partial charge in [0.2, 0.25) is 5.91 Å². The number of hydrogen-bond acceptors (Lipinski definition) is 3. The van der Waals surface area contributed by atoms with Gasteiger partial charge in [0.15, 0.2) is 5.76 Å². The van der Waals surface area contributed by atoms with Gasteiger partial charge in [-0.05, 0) is 37.5 Å². The number of rotatable bonds is 3. The molecule has 1 atom stereocenters. The van der Waals surface area contributed by atoms with E-state index >= 15 is 0 Å². The Morgan fingerprint density at radius 1 is 1.43 bits per heavy atom. The Kier molecular flexibility index (Phi) is 3.73. The quantitative estimate of drug-likeness (QED) is 0.872. The van der Waals surface area contributed by atoms with E-state index in [0.29, 0.717) is 0 Å². The van der Waals surface area contributed by atoms with Gasteiger partial charge in [-0.3, -0.25) is 4.79 Å². The van der Waals surface area contributed by atoms with E-state index in [1.165, 1.54) is 12.1 Å². The van der Waals surface area contributed by atoms with Gasteiger partial charge in [-0.25, -0.2) is 4.39 Å². The largest absolute Gasteiger partial charge is 0.359 e. The predicted molar refractivity (Wildman–Crippen MR) is 75.0 cm³/mol. The van der Waals surface area contributed by atoms with Gasteiger partial charge in [-0.1, -0.05) is 17.3 Å². The molecule has 1 aliphatic heterocycles. The number of carbonyl (C=O) groups is 1. The summed E-state index contributed by atoms with van der Waals surface area (Å²) >= 11 is 0. The maximum Gasteiger partial charge on any atom is 0.227 e. The number of hydrogen-bond donors (Lipinski definition) is 0. The van der Waals surface area contributed by atoms with Crippen molar-refractivity contribution >= 4 is 5.91 Å². The van der Waals surface area contributed by atoms with Gasteiger partial charge in [0.25, 0.3) is 0 Å². The van der Waals surface area contributed by atoms with Crippen molar-refractivity contribution < 1.29 is 13.7 Å². The zero-order valence-corrected chi connectivity index (χ0v) is 11.9. The fraction of sp³-hybridized carbons (Fsp3) is 0.375. The highest BCUT2D eigenvalue weighted by molar-refractivity contribution is 5.79. The van der Waals surface area contributed by atoms with Crippen molar-refractivity contribution in [2.75, 3.05) is 6.54 Å². The number of aryl methyl sites for hydroxylation is 1. The average Bonchev–Trinajstić information content (AvgIpc) is 3.09. The van der Waals surface area contributed by atoms with Gasteiger partial charge in [-0.2, -0.15) is 0 Å². The monoisotopic (exact) mass is 288 g/mol. The minimum Gasteiger partial charge on any atom is -0.359 e. The van der Waals surface area contributed by atoms with Crippen molar-refractivity contribution in [1.82, 2.24) is 10.1 Å². The molecule has 0 N–H and O–H groups in total. The lowest BCUT2D eigenvalue weighted by Gasteiger charge is -2.22. The minimum atomic E-state index is -0.289. The predicted octanol–water partition coefficient (Wildman–Crippen LogP) is 3.03. The highest BCUT2D eigenvalue weighted by atomic mass is 19.1. The Morgan fingerprint density at radius 3 is 2.86 bits per heavy atom. The summed E-state index contributed by atoms with van der Waals surface area (Å²) in [6.45, 7) is 2.59. The Morgan fingerprint density at radius 2 is 2.19 bits per heavy atom. The molecule has 2 heterocycles. The van der Waals surface area contributed by atoms with Crippen LogP contribution in [0.15, 0.2) is 34.9 Å². The molecule has 1 amide bonds. The number of benzene rings is 1. The summed E-state index contributed by atoms with van der Waals surface area (Å²) in [7, 11) is 0. The molecule has 110 valence electrons. The number of carbonyl (C=O) groups excluding carboxylic acids is 1. The van der Waals surface area contributed by atoms with E-state index in [1.807, 2.05) is 17.9 Å². The molecule has 4 nitrogen and oxygen atoms in total. The zero-order valence-electron chi connectivity index (χ0n) is 11.9. The van der Waals surface area contributed by atoms with Crippen molar-refractivity contribution in [3.05, 3.63) is 53.2 Å². The molecule has 3 rings (SSSR count). The van der Waals surface area contributed by atoms with Crippen LogP contribution in [-0.4, -0.2) is 22.5 Å². The first-order chi connectivity index (χ1) is 10.1. The molecule has 21 heavy (non-hydrogen) atoms. The van der Waals surface area contributed by atoms with E-state index in [9.17, 15) is 9.18 Å². The smallest absolute Gasteiger partial charge is 0.227 e. The molecule has 1 fully saturated rings. The van der Waals surface area contributed by atoms with Crippen LogP contribution in [-0.2, 0) is 11.2 Å². The first kappa shape index (κ1) is 13.8. The summed E-state index contributed by atoms with van der Waals surface area (Å²) in [5, 5.41) is 3.89. The second kappa shape index (κ2) is 5.68. The topological polar surface area (TPSA) is 46.3 Å². The summed E-state index contributed by atoms with van der Waals surface area (Å²) in [6, 6.07) is 7.91. The first-order valence-corrected chi connectivity index (χ1v) is 7.10. The van der Waals surface area contributed by atoms with Gasteiger partial charge < -0.3 is 9.42 Å². The van der Waals surface area contributed by atoms with Crippen LogP contribution in [0.3, 0.4) is 0 Å². The third-order valence-corrected chi connectivity index (χ3v) is 3.82. The van der Waals surface area contributed by atoms with Crippen molar-refractivity contribution in [1.29, 1.82) is 0 Å². The number of halogens is 1. The van der Waals surface area contributed by atoms with Crippen LogP contribution in [0, 0.1) is 12.7 Å². The Labute approximate surface area is 122 Å². The van der Waals surface area contributed by atoms with Crippen LogP contribution in [0.4, 0.5) is 4.39 Å². The SMILES string of the molecule is Cc1cc(C2CCCN2C(=O)Cc2ccc(F)cc2)on1. The lowest BCUT2D eigenvalue weighted by molar-refractivity contribution is -0.131. The van der Waals surface area contributed by atoms with E-state index in [2.05, 4.69) is 5.16 Å². The first-order valence-electron chi connectivity index (χ1n) is 7.10. The molecule has 1 unspecified atom stereocenters. The molecule has 1 aliphatic rings. The highest BCUT2D eigenvalue weighted by Gasteiger charge is 2.32. The maximum absolute atomic E-state index is 12.9.